The van der Waals surface area contributed by atoms with Gasteiger partial charge in [-0.1, -0.05) is 61.5 Å². The van der Waals surface area contributed by atoms with E-state index in [0.717, 1.165) is 24.9 Å². The Morgan fingerprint density at radius 3 is 1.85 bits per heavy atom. The summed E-state index contributed by atoms with van der Waals surface area (Å²) in [5.74, 6) is -2.86. The second-order valence-corrected chi connectivity index (χ2v) is 9.01. The number of aliphatic carboxylic acids is 2. The number of nitrogens with zero attached hydrogens (tertiary/aromatic N) is 2. The van der Waals surface area contributed by atoms with Gasteiger partial charge in [-0.05, 0) is 54.7 Å². The predicted molar refractivity (Wildman–Crippen MR) is 129 cm³/mol. The first kappa shape index (κ1) is 24.9. The van der Waals surface area contributed by atoms with Crippen molar-refractivity contribution >= 4 is 11.9 Å². The number of carbonyl (C=O) groups is 2. The van der Waals surface area contributed by atoms with E-state index in [4.69, 9.17) is 19.8 Å². The lowest BCUT2D eigenvalue weighted by atomic mass is 9.81. The number of hydrogen-bond acceptors (Lipinski definition) is 4. The molecule has 2 aromatic carbocycles. The third-order valence-corrected chi connectivity index (χ3v) is 6.91. The first-order valence-electron chi connectivity index (χ1n) is 12.0. The second-order valence-electron chi connectivity index (χ2n) is 9.01. The Labute approximate surface area is 196 Å². The van der Waals surface area contributed by atoms with Gasteiger partial charge in [0.05, 0.1) is 0 Å². The van der Waals surface area contributed by atoms with Crippen molar-refractivity contribution in [1.82, 2.24) is 9.80 Å². The Bertz CT molecular complexity index is 857. The van der Waals surface area contributed by atoms with Gasteiger partial charge in [0, 0.05) is 38.8 Å². The number of carboxylic acid groups (broad SMARTS) is 2. The van der Waals surface area contributed by atoms with Crippen LogP contribution < -0.4 is 0 Å². The summed E-state index contributed by atoms with van der Waals surface area (Å²) in [4.78, 5) is 23.6. The average molecular weight is 453 g/mol. The fourth-order valence-corrected chi connectivity index (χ4v) is 4.92. The molecular weight excluding hydrogens is 416 g/mol. The highest BCUT2D eigenvalue weighted by molar-refractivity contribution is 6.27. The van der Waals surface area contributed by atoms with Gasteiger partial charge in [-0.15, -0.1) is 0 Å². The highest BCUT2D eigenvalue weighted by Crippen LogP contribution is 2.35. The minimum absolute atomic E-state index is 0.787. The molecule has 2 aliphatic rings. The Kier molecular flexibility index (Phi) is 9.46. The standard InChI is InChI=1S/C25H34N2.C2H2O4/c1-2-21-8-10-22(11-9-21)20-26-16-18-27(19-17-26)25-14-12-24(13-15-25)23-6-4-3-5-7-23;3-1(4)2(5)6/h3-11,24-25H,2,12-20H2,1H3;(H,3,4)(H,5,6). The van der Waals surface area contributed by atoms with Crippen molar-refractivity contribution in [2.24, 2.45) is 0 Å². The van der Waals surface area contributed by atoms with E-state index in [2.05, 4.69) is 71.3 Å². The van der Waals surface area contributed by atoms with Crippen LogP contribution in [0.1, 0.15) is 55.2 Å². The molecule has 2 N–H and O–H groups in total. The third kappa shape index (κ3) is 7.69. The lowest BCUT2D eigenvalue weighted by Gasteiger charge is -2.42. The summed E-state index contributed by atoms with van der Waals surface area (Å²) in [5, 5.41) is 14.8. The van der Waals surface area contributed by atoms with Gasteiger partial charge in [-0.2, -0.15) is 0 Å². The molecule has 178 valence electrons. The lowest BCUT2D eigenvalue weighted by molar-refractivity contribution is -0.159. The molecule has 6 nitrogen and oxygen atoms in total. The highest BCUT2D eigenvalue weighted by atomic mass is 16.4. The summed E-state index contributed by atoms with van der Waals surface area (Å²) < 4.78 is 0. The maximum atomic E-state index is 9.10. The summed E-state index contributed by atoms with van der Waals surface area (Å²) in [6.45, 7) is 8.25. The largest absolute Gasteiger partial charge is 0.473 e. The van der Waals surface area contributed by atoms with Gasteiger partial charge in [0.2, 0.25) is 0 Å². The van der Waals surface area contributed by atoms with Crippen molar-refractivity contribution in [2.45, 2.75) is 57.5 Å². The predicted octanol–water partition coefficient (Wildman–Crippen LogP) is 4.25. The molecule has 1 heterocycles. The molecule has 0 unspecified atom stereocenters. The van der Waals surface area contributed by atoms with Gasteiger partial charge in [0.25, 0.3) is 0 Å². The van der Waals surface area contributed by atoms with E-state index in [1.807, 2.05) is 0 Å². The number of benzene rings is 2. The maximum Gasteiger partial charge on any atom is 0.414 e. The van der Waals surface area contributed by atoms with Gasteiger partial charge in [-0.25, -0.2) is 9.59 Å². The topological polar surface area (TPSA) is 81.1 Å². The molecule has 0 bridgehead atoms. The van der Waals surface area contributed by atoms with Crippen molar-refractivity contribution in [3.8, 4) is 0 Å². The molecule has 1 saturated heterocycles. The molecular formula is C27H36N2O4. The highest BCUT2D eigenvalue weighted by Gasteiger charge is 2.28. The van der Waals surface area contributed by atoms with E-state index in [-0.39, 0.29) is 0 Å². The Balaban J connectivity index is 0.000000454. The van der Waals surface area contributed by atoms with Gasteiger partial charge < -0.3 is 10.2 Å². The van der Waals surface area contributed by atoms with Gasteiger partial charge >= 0.3 is 11.9 Å². The summed E-state index contributed by atoms with van der Waals surface area (Å²) in [6, 6.07) is 21.2. The SMILES string of the molecule is CCc1ccc(CN2CCN(C3CCC(c4ccccc4)CC3)CC2)cc1.O=C(O)C(=O)O. The molecule has 33 heavy (non-hydrogen) atoms. The first-order chi connectivity index (χ1) is 16.0. The normalized spacial score (nSPS) is 21.6. The minimum Gasteiger partial charge on any atom is -0.473 e. The lowest BCUT2D eigenvalue weighted by Crippen LogP contribution is -2.50. The van der Waals surface area contributed by atoms with Crippen LogP contribution >= 0.6 is 0 Å². The number of carboxylic acids is 2. The van der Waals surface area contributed by atoms with Crippen LogP contribution in [0.2, 0.25) is 0 Å². The number of piperazine rings is 1. The van der Waals surface area contributed by atoms with Gasteiger partial charge in [0.15, 0.2) is 0 Å². The third-order valence-electron chi connectivity index (χ3n) is 6.91. The quantitative estimate of drug-likeness (QED) is 0.660. The average Bonchev–Trinajstić information content (AvgIpc) is 2.86. The maximum absolute atomic E-state index is 9.10. The Morgan fingerprint density at radius 2 is 1.33 bits per heavy atom. The molecule has 6 heteroatoms. The fraction of sp³-hybridized carbons (Fsp3) is 0.481. The Hall–Kier alpha value is -2.70. The number of rotatable bonds is 5. The van der Waals surface area contributed by atoms with Crippen LogP contribution in [0.5, 0.6) is 0 Å². The molecule has 0 amide bonds. The van der Waals surface area contributed by atoms with Crippen molar-refractivity contribution in [3.63, 3.8) is 0 Å². The van der Waals surface area contributed by atoms with Crippen LogP contribution in [0, 0.1) is 0 Å². The van der Waals surface area contributed by atoms with Gasteiger partial charge in [0.1, 0.15) is 0 Å². The molecule has 2 aromatic rings. The van der Waals surface area contributed by atoms with Crippen molar-refractivity contribution < 1.29 is 19.8 Å². The number of aryl methyl sites for hydroxylation is 1. The fourth-order valence-electron chi connectivity index (χ4n) is 4.92. The van der Waals surface area contributed by atoms with Crippen LogP contribution in [0.25, 0.3) is 0 Å². The van der Waals surface area contributed by atoms with Crippen LogP contribution in [-0.2, 0) is 22.6 Å². The zero-order chi connectivity index (χ0) is 23.6. The van der Waals surface area contributed by atoms with E-state index in [1.165, 1.54) is 63.0 Å². The first-order valence-corrected chi connectivity index (χ1v) is 12.0. The monoisotopic (exact) mass is 452 g/mol. The molecule has 0 spiro atoms. The second kappa shape index (κ2) is 12.5. The summed E-state index contributed by atoms with van der Waals surface area (Å²) in [7, 11) is 0. The van der Waals surface area contributed by atoms with E-state index < -0.39 is 11.9 Å². The van der Waals surface area contributed by atoms with Crippen LogP contribution in [0.3, 0.4) is 0 Å². The van der Waals surface area contributed by atoms with Crippen molar-refractivity contribution in [2.75, 3.05) is 26.2 Å². The van der Waals surface area contributed by atoms with Crippen molar-refractivity contribution in [1.29, 1.82) is 0 Å². The van der Waals surface area contributed by atoms with Crippen LogP contribution in [0.4, 0.5) is 0 Å². The molecule has 1 saturated carbocycles. The molecule has 2 fully saturated rings. The van der Waals surface area contributed by atoms with Crippen molar-refractivity contribution in [3.05, 3.63) is 71.3 Å². The number of hydrogen-bond donors (Lipinski definition) is 2. The Morgan fingerprint density at radius 1 is 0.788 bits per heavy atom. The van der Waals surface area contributed by atoms with E-state index in [0.29, 0.717) is 0 Å². The van der Waals surface area contributed by atoms with E-state index >= 15 is 0 Å². The minimum atomic E-state index is -1.82. The zero-order valence-corrected chi connectivity index (χ0v) is 19.5. The summed E-state index contributed by atoms with van der Waals surface area (Å²) in [6.07, 6.45) is 6.60. The molecule has 0 radical (unpaired) electrons. The molecule has 0 aromatic heterocycles. The molecule has 0 atom stereocenters. The van der Waals surface area contributed by atoms with Crippen LogP contribution in [0.15, 0.2) is 54.6 Å². The molecule has 4 rings (SSSR count). The molecule has 1 aliphatic carbocycles. The molecule has 1 aliphatic heterocycles. The summed E-state index contributed by atoms with van der Waals surface area (Å²) in [5.41, 5.74) is 4.45. The smallest absolute Gasteiger partial charge is 0.414 e. The zero-order valence-electron chi connectivity index (χ0n) is 19.5. The summed E-state index contributed by atoms with van der Waals surface area (Å²) >= 11 is 0. The van der Waals surface area contributed by atoms with E-state index in [1.54, 1.807) is 5.56 Å². The van der Waals surface area contributed by atoms with Crippen LogP contribution in [-0.4, -0.2) is 64.2 Å². The van der Waals surface area contributed by atoms with E-state index in [9.17, 15) is 0 Å². The van der Waals surface area contributed by atoms with Gasteiger partial charge in [-0.3, -0.25) is 9.80 Å².